The number of H-pyrrole nitrogens is 1. The van der Waals surface area contributed by atoms with Crippen LogP contribution in [0.25, 0.3) is 10.9 Å². The number of nitrogens with one attached hydrogen (secondary N) is 1. The molecule has 1 aliphatic carbocycles. The van der Waals surface area contributed by atoms with Gasteiger partial charge in [-0.3, -0.25) is 4.79 Å². The minimum atomic E-state index is -3.20. The highest BCUT2D eigenvalue weighted by molar-refractivity contribution is 6.31. The monoisotopic (exact) mass is 271 g/mol. The molecule has 94 valence electrons. The minimum Gasteiger partial charge on any atom is -0.480 e. The predicted molar refractivity (Wildman–Crippen MR) is 62.2 cm³/mol. The summed E-state index contributed by atoms with van der Waals surface area (Å²) in [5, 5.41) is 10.1. The molecule has 1 unspecified atom stereocenters. The number of rotatable bonds is 2. The summed E-state index contributed by atoms with van der Waals surface area (Å²) in [5.41, 5.74) is -1.49. The maximum atomic E-state index is 13.4. The quantitative estimate of drug-likeness (QED) is 0.881. The maximum absolute atomic E-state index is 13.4. The molecular formula is C12H8ClF2NO2. The van der Waals surface area contributed by atoms with Gasteiger partial charge in [-0.2, -0.15) is 0 Å². The Labute approximate surface area is 105 Å². The molecule has 0 saturated heterocycles. The van der Waals surface area contributed by atoms with Crippen LogP contribution in [-0.4, -0.2) is 22.0 Å². The lowest BCUT2D eigenvalue weighted by molar-refractivity contribution is -0.143. The average Bonchev–Trinajstić information content (AvgIpc) is 2.67. The normalized spacial score (nSPS) is 25.3. The van der Waals surface area contributed by atoms with Crippen molar-refractivity contribution in [1.82, 2.24) is 4.98 Å². The van der Waals surface area contributed by atoms with E-state index < -0.39 is 23.7 Å². The third kappa shape index (κ3) is 1.31. The van der Waals surface area contributed by atoms with E-state index >= 15 is 0 Å². The Morgan fingerprint density at radius 1 is 1.39 bits per heavy atom. The first-order chi connectivity index (χ1) is 8.37. The Kier molecular flexibility index (Phi) is 2.06. The molecule has 2 N–H and O–H groups in total. The van der Waals surface area contributed by atoms with Crippen molar-refractivity contribution in [2.75, 3.05) is 0 Å². The number of aromatic nitrogens is 1. The molecule has 0 bridgehead atoms. The van der Waals surface area contributed by atoms with E-state index in [1.807, 2.05) is 0 Å². The zero-order valence-electron chi connectivity index (χ0n) is 9.01. The van der Waals surface area contributed by atoms with Gasteiger partial charge in [0, 0.05) is 28.0 Å². The SMILES string of the molecule is O=C(O)C1(c2cc3cc(Cl)ccc3[nH]2)CC1(F)F. The van der Waals surface area contributed by atoms with Crippen molar-refractivity contribution < 1.29 is 18.7 Å². The van der Waals surface area contributed by atoms with E-state index in [2.05, 4.69) is 4.98 Å². The number of aromatic amines is 1. The molecule has 1 heterocycles. The first-order valence-electron chi connectivity index (χ1n) is 5.27. The van der Waals surface area contributed by atoms with Crippen molar-refractivity contribution in [3.8, 4) is 0 Å². The Bertz CT molecular complexity index is 667. The fourth-order valence-electron chi connectivity index (χ4n) is 2.26. The van der Waals surface area contributed by atoms with Crippen molar-refractivity contribution in [3.63, 3.8) is 0 Å². The number of aliphatic carboxylic acids is 1. The zero-order valence-corrected chi connectivity index (χ0v) is 9.76. The lowest BCUT2D eigenvalue weighted by Gasteiger charge is -2.08. The lowest BCUT2D eigenvalue weighted by Crippen LogP contribution is -2.27. The van der Waals surface area contributed by atoms with Gasteiger partial charge in [-0.05, 0) is 24.3 Å². The van der Waals surface area contributed by atoms with Crippen LogP contribution in [0.1, 0.15) is 12.1 Å². The molecule has 1 aromatic heterocycles. The highest BCUT2D eigenvalue weighted by atomic mass is 35.5. The minimum absolute atomic E-state index is 0.0252. The molecule has 0 radical (unpaired) electrons. The van der Waals surface area contributed by atoms with Crippen LogP contribution < -0.4 is 0 Å². The van der Waals surface area contributed by atoms with Gasteiger partial charge in [-0.1, -0.05) is 11.6 Å². The van der Waals surface area contributed by atoms with Crippen LogP contribution >= 0.6 is 11.6 Å². The van der Waals surface area contributed by atoms with Crippen LogP contribution in [0.5, 0.6) is 0 Å². The Hall–Kier alpha value is -1.62. The molecule has 1 aromatic carbocycles. The molecule has 6 heteroatoms. The molecule has 1 atom stereocenters. The van der Waals surface area contributed by atoms with E-state index in [4.69, 9.17) is 16.7 Å². The molecule has 0 aliphatic heterocycles. The summed E-state index contributed by atoms with van der Waals surface area (Å²) in [6, 6.07) is 6.28. The number of hydrogen-bond donors (Lipinski definition) is 2. The highest BCUT2D eigenvalue weighted by Gasteiger charge is 2.78. The van der Waals surface area contributed by atoms with Crippen molar-refractivity contribution in [2.45, 2.75) is 17.8 Å². The van der Waals surface area contributed by atoms with Crippen LogP contribution in [0.3, 0.4) is 0 Å². The van der Waals surface area contributed by atoms with Crippen molar-refractivity contribution in [1.29, 1.82) is 0 Å². The molecule has 3 nitrogen and oxygen atoms in total. The molecule has 1 aliphatic rings. The van der Waals surface area contributed by atoms with E-state index in [0.717, 1.165) is 0 Å². The molecule has 0 spiro atoms. The largest absolute Gasteiger partial charge is 0.480 e. The fourth-order valence-corrected chi connectivity index (χ4v) is 2.44. The maximum Gasteiger partial charge on any atom is 0.322 e. The van der Waals surface area contributed by atoms with Gasteiger partial charge in [-0.15, -0.1) is 0 Å². The molecule has 18 heavy (non-hydrogen) atoms. The summed E-state index contributed by atoms with van der Waals surface area (Å²) in [4.78, 5) is 13.9. The van der Waals surface area contributed by atoms with Crippen molar-refractivity contribution in [2.24, 2.45) is 0 Å². The van der Waals surface area contributed by atoms with E-state index in [1.165, 1.54) is 6.07 Å². The van der Waals surface area contributed by atoms with Crippen molar-refractivity contribution >= 4 is 28.5 Å². The predicted octanol–water partition coefficient (Wildman–Crippen LogP) is 3.18. The molecule has 0 amide bonds. The summed E-state index contributed by atoms with van der Waals surface area (Å²) in [6.45, 7) is 0. The Morgan fingerprint density at radius 3 is 2.61 bits per heavy atom. The number of hydrogen-bond acceptors (Lipinski definition) is 1. The smallest absolute Gasteiger partial charge is 0.322 e. The van der Waals surface area contributed by atoms with Gasteiger partial charge >= 0.3 is 5.97 Å². The number of carboxylic acids is 1. The van der Waals surface area contributed by atoms with Gasteiger partial charge in [0.15, 0.2) is 5.41 Å². The number of benzene rings is 1. The highest BCUT2D eigenvalue weighted by Crippen LogP contribution is 2.61. The number of carbonyl (C=O) groups is 1. The molecule has 3 rings (SSSR count). The van der Waals surface area contributed by atoms with Gasteiger partial charge in [0.25, 0.3) is 5.92 Å². The van der Waals surface area contributed by atoms with Gasteiger partial charge in [0.05, 0.1) is 0 Å². The molecule has 2 aromatic rings. The topological polar surface area (TPSA) is 53.1 Å². The standard InChI is InChI=1S/C12H8ClF2NO2/c13-7-1-2-8-6(3-7)4-9(16-8)11(10(17)18)5-12(11,14)15/h1-4,16H,5H2,(H,17,18). The second-order valence-electron chi connectivity index (χ2n) is 4.51. The van der Waals surface area contributed by atoms with Gasteiger partial charge in [0.1, 0.15) is 0 Å². The molecule has 1 fully saturated rings. The van der Waals surface area contributed by atoms with E-state index in [0.29, 0.717) is 15.9 Å². The lowest BCUT2D eigenvalue weighted by atomic mass is 10.0. The van der Waals surface area contributed by atoms with Crippen LogP contribution in [0.15, 0.2) is 24.3 Å². The number of halogens is 3. The first kappa shape index (κ1) is 11.5. The van der Waals surface area contributed by atoms with Crippen LogP contribution in [0, 0.1) is 0 Å². The van der Waals surface area contributed by atoms with Crippen LogP contribution in [0.2, 0.25) is 5.02 Å². The third-order valence-electron chi connectivity index (χ3n) is 3.39. The summed E-state index contributed by atoms with van der Waals surface area (Å²) in [7, 11) is 0. The summed E-state index contributed by atoms with van der Waals surface area (Å²) < 4.78 is 26.7. The fraction of sp³-hybridized carbons (Fsp3) is 0.250. The van der Waals surface area contributed by atoms with E-state index in [1.54, 1.807) is 18.2 Å². The zero-order chi connectivity index (χ0) is 13.1. The summed E-state index contributed by atoms with van der Waals surface area (Å²) in [6.07, 6.45) is -0.671. The van der Waals surface area contributed by atoms with Gasteiger partial charge in [-0.25, -0.2) is 8.78 Å². The summed E-state index contributed by atoms with van der Waals surface area (Å²) in [5.74, 6) is -4.71. The second kappa shape index (κ2) is 3.23. The average molecular weight is 272 g/mol. The van der Waals surface area contributed by atoms with E-state index in [-0.39, 0.29) is 5.69 Å². The van der Waals surface area contributed by atoms with Crippen LogP contribution in [0.4, 0.5) is 8.78 Å². The first-order valence-corrected chi connectivity index (χ1v) is 5.65. The van der Waals surface area contributed by atoms with Crippen LogP contribution in [-0.2, 0) is 10.2 Å². The molecule has 1 saturated carbocycles. The summed E-state index contributed by atoms with van der Waals surface area (Å²) >= 11 is 5.80. The number of alkyl halides is 2. The second-order valence-corrected chi connectivity index (χ2v) is 4.94. The third-order valence-corrected chi connectivity index (χ3v) is 3.63. The number of fused-ring (bicyclic) bond motifs is 1. The van der Waals surface area contributed by atoms with Gasteiger partial charge < -0.3 is 10.1 Å². The van der Waals surface area contributed by atoms with Gasteiger partial charge in [0.2, 0.25) is 0 Å². The van der Waals surface area contributed by atoms with E-state index in [9.17, 15) is 13.6 Å². The Balaban J connectivity index is 2.18. The Morgan fingerprint density at radius 2 is 2.06 bits per heavy atom. The van der Waals surface area contributed by atoms with Crippen molar-refractivity contribution in [3.05, 3.63) is 35.0 Å². The molecular weight excluding hydrogens is 264 g/mol. The number of carboxylic acid groups (broad SMARTS) is 1.